The van der Waals surface area contributed by atoms with Crippen molar-refractivity contribution in [3.05, 3.63) is 55.0 Å². The third kappa shape index (κ3) is 3.63. The molecule has 23 heavy (non-hydrogen) atoms. The summed E-state index contributed by atoms with van der Waals surface area (Å²) in [5.74, 6) is -0.909. The van der Waals surface area contributed by atoms with E-state index in [2.05, 4.69) is 10.3 Å². The molecule has 0 aliphatic heterocycles. The van der Waals surface area contributed by atoms with Gasteiger partial charge in [0.25, 0.3) is 0 Å². The van der Waals surface area contributed by atoms with E-state index in [1.165, 1.54) is 11.3 Å². The van der Waals surface area contributed by atoms with Gasteiger partial charge in [-0.3, -0.25) is 14.9 Å². The molecule has 0 unspecified atom stereocenters. The minimum Gasteiger partial charge on any atom is -0.301 e. The summed E-state index contributed by atoms with van der Waals surface area (Å²) < 4.78 is 0. The molecule has 1 fully saturated rings. The highest BCUT2D eigenvalue weighted by molar-refractivity contribution is 7.15. The van der Waals surface area contributed by atoms with Crippen molar-refractivity contribution in [3.63, 3.8) is 0 Å². The number of halogens is 2. The van der Waals surface area contributed by atoms with Gasteiger partial charge in [-0.15, -0.1) is 11.3 Å². The lowest BCUT2D eigenvalue weighted by molar-refractivity contribution is -0.497. The number of rotatable bonds is 5. The fourth-order valence-electron chi connectivity index (χ4n) is 2.21. The SMILES string of the molecule is O=C(Nc1ncc(Cc2cccc(Cl)c2Cl)s1)[C@@H]1C[C@H]1[N+](=O)[O-]. The van der Waals surface area contributed by atoms with Gasteiger partial charge in [0, 0.05) is 28.8 Å². The van der Waals surface area contributed by atoms with E-state index in [4.69, 9.17) is 23.2 Å². The predicted octanol–water partition coefficient (Wildman–Crippen LogP) is 3.64. The second-order valence-corrected chi connectivity index (χ2v) is 7.11. The number of thiazole rings is 1. The van der Waals surface area contributed by atoms with Gasteiger partial charge in [-0.1, -0.05) is 35.3 Å². The van der Waals surface area contributed by atoms with Crippen molar-refractivity contribution in [1.29, 1.82) is 0 Å². The van der Waals surface area contributed by atoms with Crippen molar-refractivity contribution in [2.45, 2.75) is 18.9 Å². The van der Waals surface area contributed by atoms with E-state index >= 15 is 0 Å². The first kappa shape index (κ1) is 16.2. The Morgan fingerprint density at radius 3 is 2.96 bits per heavy atom. The molecule has 1 saturated carbocycles. The number of amides is 1. The molecule has 1 N–H and O–H groups in total. The molecule has 2 aromatic rings. The van der Waals surface area contributed by atoms with Crippen molar-refractivity contribution < 1.29 is 9.72 Å². The lowest BCUT2D eigenvalue weighted by atomic mass is 10.1. The molecular weight excluding hydrogens is 361 g/mol. The lowest BCUT2D eigenvalue weighted by Gasteiger charge is -2.03. The van der Waals surface area contributed by atoms with Crippen LogP contribution in [0.1, 0.15) is 16.9 Å². The van der Waals surface area contributed by atoms with Crippen molar-refractivity contribution in [2.24, 2.45) is 5.92 Å². The van der Waals surface area contributed by atoms with Crippen LogP contribution < -0.4 is 5.32 Å². The maximum atomic E-state index is 11.9. The molecule has 1 aliphatic carbocycles. The molecule has 2 atom stereocenters. The van der Waals surface area contributed by atoms with Crippen molar-refractivity contribution >= 4 is 45.6 Å². The highest BCUT2D eigenvalue weighted by atomic mass is 35.5. The number of hydrogen-bond acceptors (Lipinski definition) is 5. The van der Waals surface area contributed by atoms with Crippen molar-refractivity contribution in [3.8, 4) is 0 Å². The number of nitro groups is 1. The normalized spacial score (nSPS) is 19.4. The number of aromatic nitrogens is 1. The topological polar surface area (TPSA) is 85.1 Å². The molecule has 0 saturated heterocycles. The average molecular weight is 372 g/mol. The maximum Gasteiger partial charge on any atom is 0.236 e. The summed E-state index contributed by atoms with van der Waals surface area (Å²) in [4.78, 5) is 27.1. The molecule has 0 spiro atoms. The first-order valence-electron chi connectivity index (χ1n) is 6.77. The Morgan fingerprint density at radius 2 is 2.26 bits per heavy atom. The summed E-state index contributed by atoms with van der Waals surface area (Å²) in [6.07, 6.45) is 2.48. The highest BCUT2D eigenvalue weighted by Crippen LogP contribution is 2.35. The number of carbonyl (C=O) groups is 1. The Labute approximate surface area is 145 Å². The average Bonchev–Trinajstić information content (AvgIpc) is 3.20. The minimum absolute atomic E-state index is 0.287. The van der Waals surface area contributed by atoms with Gasteiger partial charge < -0.3 is 5.32 Å². The van der Waals surface area contributed by atoms with Crippen LogP contribution in [-0.2, 0) is 11.2 Å². The van der Waals surface area contributed by atoms with Crippen LogP contribution in [-0.4, -0.2) is 21.9 Å². The van der Waals surface area contributed by atoms with E-state index in [-0.39, 0.29) is 12.3 Å². The van der Waals surface area contributed by atoms with E-state index in [1.54, 1.807) is 12.3 Å². The summed E-state index contributed by atoms with van der Waals surface area (Å²) >= 11 is 13.4. The summed E-state index contributed by atoms with van der Waals surface area (Å²) in [6, 6.07) is 4.64. The molecule has 120 valence electrons. The number of nitrogens with zero attached hydrogens (tertiary/aromatic N) is 2. The van der Waals surface area contributed by atoms with Gasteiger partial charge >= 0.3 is 0 Å². The second-order valence-electron chi connectivity index (χ2n) is 5.21. The standard InChI is InChI=1S/C14H11Cl2N3O3S/c15-10-3-1-2-7(12(10)16)4-8-6-17-14(23-8)18-13(20)9-5-11(9)19(21)22/h1-3,6,9,11H,4-5H2,(H,17,18,20)/t9-,11-/m1/s1. The van der Waals surface area contributed by atoms with Gasteiger partial charge in [0.2, 0.25) is 11.9 Å². The summed E-state index contributed by atoms with van der Waals surface area (Å²) in [6.45, 7) is 0. The number of nitrogens with one attached hydrogen (secondary N) is 1. The Bertz CT molecular complexity index is 780. The Balaban J connectivity index is 1.63. The first-order valence-corrected chi connectivity index (χ1v) is 8.35. The summed E-state index contributed by atoms with van der Waals surface area (Å²) in [5.41, 5.74) is 0.872. The fraction of sp³-hybridized carbons (Fsp3) is 0.286. The van der Waals surface area contributed by atoms with Gasteiger partial charge in [0.15, 0.2) is 5.13 Å². The zero-order chi connectivity index (χ0) is 16.6. The van der Waals surface area contributed by atoms with Crippen LogP contribution in [0.2, 0.25) is 10.0 Å². The fourth-order valence-corrected chi connectivity index (χ4v) is 3.44. The number of hydrogen-bond donors (Lipinski definition) is 1. The van der Waals surface area contributed by atoms with E-state index in [1.807, 2.05) is 12.1 Å². The van der Waals surface area contributed by atoms with Gasteiger partial charge in [-0.2, -0.15) is 0 Å². The van der Waals surface area contributed by atoms with Crippen LogP contribution in [0.4, 0.5) is 5.13 Å². The van der Waals surface area contributed by atoms with Gasteiger partial charge in [0.05, 0.1) is 10.0 Å². The third-order valence-corrected chi connectivity index (χ3v) is 5.32. The number of anilines is 1. The molecule has 1 aromatic heterocycles. The van der Waals surface area contributed by atoms with Crippen LogP contribution in [0.3, 0.4) is 0 Å². The summed E-state index contributed by atoms with van der Waals surface area (Å²) in [5, 5.41) is 14.6. The predicted molar refractivity (Wildman–Crippen MR) is 88.9 cm³/mol. The number of carbonyl (C=O) groups excluding carboxylic acids is 1. The zero-order valence-electron chi connectivity index (χ0n) is 11.7. The third-order valence-electron chi connectivity index (χ3n) is 3.54. The second kappa shape index (κ2) is 6.43. The quantitative estimate of drug-likeness (QED) is 0.641. The maximum absolute atomic E-state index is 11.9. The molecule has 9 heteroatoms. The van der Waals surface area contributed by atoms with Crippen LogP contribution in [0.15, 0.2) is 24.4 Å². The monoisotopic (exact) mass is 371 g/mol. The highest BCUT2D eigenvalue weighted by Gasteiger charge is 2.53. The van der Waals surface area contributed by atoms with E-state index in [9.17, 15) is 14.9 Å². The van der Waals surface area contributed by atoms with Crippen molar-refractivity contribution in [1.82, 2.24) is 4.98 Å². The first-order chi connectivity index (χ1) is 11.0. The minimum atomic E-state index is -0.764. The Morgan fingerprint density at radius 1 is 1.48 bits per heavy atom. The molecule has 0 bridgehead atoms. The van der Waals surface area contributed by atoms with Crippen LogP contribution in [0.5, 0.6) is 0 Å². The number of benzene rings is 1. The van der Waals surface area contributed by atoms with Gasteiger partial charge in [-0.25, -0.2) is 4.98 Å². The molecule has 1 aromatic carbocycles. The summed E-state index contributed by atoms with van der Waals surface area (Å²) in [7, 11) is 0. The Kier molecular flexibility index (Phi) is 4.52. The molecular formula is C14H11Cl2N3O3S. The smallest absolute Gasteiger partial charge is 0.236 e. The van der Waals surface area contributed by atoms with Crippen LogP contribution in [0, 0.1) is 16.0 Å². The molecule has 1 heterocycles. The zero-order valence-corrected chi connectivity index (χ0v) is 14.0. The molecule has 0 radical (unpaired) electrons. The van der Waals surface area contributed by atoms with Crippen LogP contribution in [0.25, 0.3) is 0 Å². The molecule has 3 rings (SSSR count). The molecule has 6 nitrogen and oxygen atoms in total. The lowest BCUT2D eigenvalue weighted by Crippen LogP contribution is -2.18. The van der Waals surface area contributed by atoms with Crippen LogP contribution >= 0.6 is 34.5 Å². The molecule has 1 amide bonds. The van der Waals surface area contributed by atoms with E-state index < -0.39 is 16.9 Å². The Hall–Kier alpha value is -1.70. The van der Waals surface area contributed by atoms with Crippen molar-refractivity contribution in [2.75, 3.05) is 5.32 Å². The van der Waals surface area contributed by atoms with Gasteiger partial charge in [0.1, 0.15) is 5.92 Å². The van der Waals surface area contributed by atoms with Gasteiger partial charge in [-0.05, 0) is 11.6 Å². The molecule has 1 aliphatic rings. The van der Waals surface area contributed by atoms with E-state index in [0.29, 0.717) is 21.6 Å². The largest absolute Gasteiger partial charge is 0.301 e. The van der Waals surface area contributed by atoms with E-state index in [0.717, 1.165) is 10.4 Å².